The molecular formula is C17H22N2O6S. The summed E-state index contributed by atoms with van der Waals surface area (Å²) in [5.74, 6) is -0.472. The maximum absolute atomic E-state index is 12.4. The first-order chi connectivity index (χ1) is 12.4. The smallest absolute Gasteiger partial charge is 0.360 e. The number of carbonyl (C=O) groups excluding carboxylic acids is 1. The lowest BCUT2D eigenvalue weighted by molar-refractivity contribution is 0.0506. The predicted molar refractivity (Wildman–Crippen MR) is 94.7 cm³/mol. The summed E-state index contributed by atoms with van der Waals surface area (Å²) in [4.78, 5) is 16.6. The zero-order valence-corrected chi connectivity index (χ0v) is 15.7. The first-order valence-electron chi connectivity index (χ1n) is 8.13. The Bertz CT molecular complexity index is 832. The number of imidazole rings is 1. The second-order valence-corrected chi connectivity index (χ2v) is 7.02. The molecule has 0 aliphatic heterocycles. The Hall–Kier alpha value is -2.39. The zero-order valence-electron chi connectivity index (χ0n) is 14.9. The molecule has 0 saturated carbocycles. The van der Waals surface area contributed by atoms with Crippen LogP contribution in [-0.2, 0) is 19.0 Å². The van der Waals surface area contributed by atoms with E-state index in [9.17, 15) is 13.2 Å². The molecule has 0 saturated heterocycles. The van der Waals surface area contributed by atoms with Crippen LogP contribution in [0.5, 0.6) is 5.88 Å². The van der Waals surface area contributed by atoms with Crippen molar-refractivity contribution >= 4 is 16.1 Å². The fraction of sp³-hybridized carbons (Fsp3) is 0.412. The van der Waals surface area contributed by atoms with Gasteiger partial charge in [0.2, 0.25) is 5.88 Å². The monoisotopic (exact) mass is 382 g/mol. The standard InChI is InChI=1S/C17H22N2O6S/c1-4-23-16-15(17(20)24-5-2)19(12-18-16)14(11-25-26(3,21)22)13-9-7-6-8-10-13/h6-10,12,14H,4-5,11H2,1-3H3. The van der Waals surface area contributed by atoms with Crippen LogP contribution in [0.25, 0.3) is 0 Å². The van der Waals surface area contributed by atoms with Gasteiger partial charge in [-0.15, -0.1) is 0 Å². The topological polar surface area (TPSA) is 96.7 Å². The molecule has 0 bridgehead atoms. The Kier molecular flexibility index (Phi) is 6.76. The molecule has 0 aliphatic carbocycles. The van der Waals surface area contributed by atoms with E-state index in [1.54, 1.807) is 13.8 Å². The summed E-state index contributed by atoms with van der Waals surface area (Å²) in [5, 5.41) is 0. The van der Waals surface area contributed by atoms with Gasteiger partial charge in [0.1, 0.15) is 6.33 Å². The highest BCUT2D eigenvalue weighted by atomic mass is 32.2. The molecule has 0 fully saturated rings. The van der Waals surface area contributed by atoms with Gasteiger partial charge in [0, 0.05) is 0 Å². The van der Waals surface area contributed by atoms with Crippen LogP contribution in [0, 0.1) is 0 Å². The molecule has 1 aromatic carbocycles. The molecule has 8 nitrogen and oxygen atoms in total. The first-order valence-corrected chi connectivity index (χ1v) is 9.95. The summed E-state index contributed by atoms with van der Waals surface area (Å²) in [6.45, 7) is 3.78. The van der Waals surface area contributed by atoms with Crippen molar-refractivity contribution in [1.82, 2.24) is 9.55 Å². The van der Waals surface area contributed by atoms with E-state index < -0.39 is 22.1 Å². The molecule has 1 heterocycles. The Morgan fingerprint density at radius 3 is 2.46 bits per heavy atom. The molecule has 1 unspecified atom stereocenters. The molecular weight excluding hydrogens is 360 g/mol. The van der Waals surface area contributed by atoms with Gasteiger partial charge in [-0.2, -0.15) is 8.42 Å². The Balaban J connectivity index is 2.51. The average Bonchev–Trinajstić information content (AvgIpc) is 2.99. The lowest BCUT2D eigenvalue weighted by Crippen LogP contribution is -2.23. The highest BCUT2D eigenvalue weighted by Gasteiger charge is 2.27. The van der Waals surface area contributed by atoms with E-state index in [4.69, 9.17) is 13.7 Å². The highest BCUT2D eigenvalue weighted by molar-refractivity contribution is 7.85. The molecule has 142 valence electrons. The summed E-state index contributed by atoms with van der Waals surface area (Å²) in [6, 6.07) is 8.48. The van der Waals surface area contributed by atoms with Gasteiger partial charge >= 0.3 is 5.97 Å². The molecule has 26 heavy (non-hydrogen) atoms. The van der Waals surface area contributed by atoms with Gasteiger partial charge < -0.3 is 14.0 Å². The predicted octanol–water partition coefficient (Wildman–Crippen LogP) is 2.02. The van der Waals surface area contributed by atoms with Gasteiger partial charge in [-0.25, -0.2) is 9.78 Å². The SMILES string of the molecule is CCOC(=O)c1c(OCC)ncn1C(COS(C)(=O)=O)c1ccccc1. The molecule has 0 spiro atoms. The molecule has 0 radical (unpaired) electrons. The number of benzene rings is 1. The first kappa shape index (κ1) is 19.9. The molecule has 1 atom stereocenters. The summed E-state index contributed by atoms with van der Waals surface area (Å²) >= 11 is 0. The van der Waals surface area contributed by atoms with Crippen molar-refractivity contribution in [1.29, 1.82) is 0 Å². The second-order valence-electron chi connectivity index (χ2n) is 5.37. The third-order valence-electron chi connectivity index (χ3n) is 3.47. The maximum atomic E-state index is 12.4. The average molecular weight is 382 g/mol. The molecule has 0 aliphatic rings. The van der Waals surface area contributed by atoms with Crippen LogP contribution in [0.1, 0.15) is 35.9 Å². The number of ether oxygens (including phenoxy) is 2. The quantitative estimate of drug-likeness (QED) is 0.483. The van der Waals surface area contributed by atoms with Crippen molar-refractivity contribution in [2.45, 2.75) is 19.9 Å². The Morgan fingerprint density at radius 2 is 1.88 bits per heavy atom. The molecule has 2 rings (SSSR count). The van der Waals surface area contributed by atoms with E-state index in [1.807, 2.05) is 30.3 Å². The van der Waals surface area contributed by atoms with Crippen molar-refractivity contribution in [2.24, 2.45) is 0 Å². The van der Waals surface area contributed by atoms with Gasteiger partial charge in [0.15, 0.2) is 5.69 Å². The normalized spacial score (nSPS) is 12.6. The zero-order chi connectivity index (χ0) is 19.2. The minimum atomic E-state index is -3.66. The van der Waals surface area contributed by atoms with Crippen molar-refractivity contribution in [3.63, 3.8) is 0 Å². The number of esters is 1. The van der Waals surface area contributed by atoms with E-state index in [-0.39, 0.29) is 24.8 Å². The third kappa shape index (κ3) is 5.06. The maximum Gasteiger partial charge on any atom is 0.360 e. The Morgan fingerprint density at radius 1 is 1.19 bits per heavy atom. The van der Waals surface area contributed by atoms with Gasteiger partial charge in [0.05, 0.1) is 32.1 Å². The number of hydrogen-bond acceptors (Lipinski definition) is 7. The van der Waals surface area contributed by atoms with Gasteiger partial charge in [-0.05, 0) is 19.4 Å². The van der Waals surface area contributed by atoms with E-state index in [0.717, 1.165) is 11.8 Å². The molecule has 0 N–H and O–H groups in total. The summed E-state index contributed by atoms with van der Waals surface area (Å²) in [5.41, 5.74) is 0.863. The molecule has 9 heteroatoms. The van der Waals surface area contributed by atoms with Crippen molar-refractivity contribution in [2.75, 3.05) is 26.1 Å². The molecule has 1 aromatic heterocycles. The third-order valence-corrected chi connectivity index (χ3v) is 4.03. The van der Waals surface area contributed by atoms with Crippen molar-refractivity contribution in [3.05, 3.63) is 47.9 Å². The summed E-state index contributed by atoms with van der Waals surface area (Å²) in [6.07, 6.45) is 2.39. The summed E-state index contributed by atoms with van der Waals surface area (Å²) < 4.78 is 40.0. The van der Waals surface area contributed by atoms with Gasteiger partial charge in [-0.3, -0.25) is 4.18 Å². The lowest BCUT2D eigenvalue weighted by atomic mass is 10.1. The van der Waals surface area contributed by atoms with Crippen LogP contribution in [0.2, 0.25) is 0 Å². The van der Waals surface area contributed by atoms with Crippen LogP contribution in [0.15, 0.2) is 36.7 Å². The minimum Gasteiger partial charge on any atom is -0.476 e. The minimum absolute atomic E-state index is 0.111. The van der Waals surface area contributed by atoms with E-state index >= 15 is 0 Å². The number of rotatable bonds is 9. The lowest BCUT2D eigenvalue weighted by Gasteiger charge is -2.20. The number of aromatic nitrogens is 2. The second kappa shape index (κ2) is 8.81. The summed E-state index contributed by atoms with van der Waals surface area (Å²) in [7, 11) is -3.66. The highest BCUT2D eigenvalue weighted by Crippen LogP contribution is 2.27. The van der Waals surface area contributed by atoms with Crippen LogP contribution in [0.4, 0.5) is 0 Å². The number of nitrogens with zero attached hydrogens (tertiary/aromatic N) is 2. The van der Waals surface area contributed by atoms with Crippen LogP contribution in [-0.4, -0.2) is 50.0 Å². The van der Waals surface area contributed by atoms with Crippen LogP contribution < -0.4 is 4.74 Å². The fourth-order valence-electron chi connectivity index (χ4n) is 2.42. The Labute approximate surface area is 152 Å². The van der Waals surface area contributed by atoms with Crippen LogP contribution in [0.3, 0.4) is 0 Å². The van der Waals surface area contributed by atoms with Crippen LogP contribution >= 0.6 is 0 Å². The van der Waals surface area contributed by atoms with Crippen molar-refractivity contribution < 1.29 is 26.9 Å². The van der Waals surface area contributed by atoms with Gasteiger partial charge in [-0.1, -0.05) is 30.3 Å². The van der Waals surface area contributed by atoms with E-state index in [1.165, 1.54) is 10.9 Å². The number of hydrogen-bond donors (Lipinski definition) is 0. The van der Waals surface area contributed by atoms with E-state index in [2.05, 4.69) is 4.98 Å². The largest absolute Gasteiger partial charge is 0.476 e. The molecule has 0 amide bonds. The fourth-order valence-corrected chi connectivity index (χ4v) is 2.79. The van der Waals surface area contributed by atoms with Crippen molar-refractivity contribution in [3.8, 4) is 5.88 Å². The van der Waals surface area contributed by atoms with Gasteiger partial charge in [0.25, 0.3) is 10.1 Å². The van der Waals surface area contributed by atoms with E-state index in [0.29, 0.717) is 6.61 Å². The number of carbonyl (C=O) groups is 1. The molecule has 2 aromatic rings.